The molecule has 0 unspecified atom stereocenters. The van der Waals surface area contributed by atoms with Crippen LogP contribution in [-0.2, 0) is 17.6 Å². The Hall–Kier alpha value is -3.68. The van der Waals surface area contributed by atoms with Gasteiger partial charge < -0.3 is 73.6 Å². The van der Waals surface area contributed by atoms with Crippen LogP contribution in [0.25, 0.3) is 0 Å². The lowest BCUT2D eigenvalue weighted by atomic mass is 10.0. The number of benzene rings is 1. The van der Waals surface area contributed by atoms with Crippen LogP contribution in [0.5, 0.6) is 0 Å². The molecule has 21 nitrogen and oxygen atoms in total. The summed E-state index contributed by atoms with van der Waals surface area (Å²) in [4.78, 5) is 38.1. The Balaban J connectivity index is 1.86. The molecule has 1 heterocycles. The van der Waals surface area contributed by atoms with Crippen LogP contribution in [0, 0.1) is 6.92 Å². The van der Waals surface area contributed by atoms with E-state index in [1.165, 1.54) is 4.90 Å². The summed E-state index contributed by atoms with van der Waals surface area (Å²) >= 11 is 5.94. The van der Waals surface area contributed by atoms with Gasteiger partial charge in [0.25, 0.3) is 5.91 Å². The molecular weight excluding hydrogens is 786 g/mol. The molecular formula is C36H60ClN9O12. The van der Waals surface area contributed by atoms with Crippen molar-refractivity contribution in [1.29, 1.82) is 0 Å². The molecule has 0 bridgehead atoms. The molecule has 1 aromatic carbocycles. The molecule has 22 heteroatoms. The van der Waals surface area contributed by atoms with Crippen molar-refractivity contribution in [2.75, 3.05) is 51.7 Å². The number of amides is 2. The van der Waals surface area contributed by atoms with E-state index in [0.717, 1.165) is 24.0 Å². The molecule has 328 valence electrons. The smallest absolute Gasteiger partial charge is 0.280 e. The molecule has 2 aromatic rings. The zero-order chi connectivity index (χ0) is 43.5. The molecule has 18 N–H and O–H groups in total. The van der Waals surface area contributed by atoms with Gasteiger partial charge >= 0.3 is 0 Å². The fourth-order valence-electron chi connectivity index (χ4n) is 5.77. The van der Waals surface area contributed by atoms with E-state index in [9.17, 15) is 50.4 Å². The molecule has 0 radical (unpaired) electrons. The highest BCUT2D eigenvalue weighted by atomic mass is 35.5. The predicted octanol–water partition coefficient (Wildman–Crippen LogP) is -4.97. The van der Waals surface area contributed by atoms with Gasteiger partial charge in [0.1, 0.15) is 36.6 Å². The number of hydrogen-bond acceptors (Lipinski definition) is 18. The second-order valence-corrected chi connectivity index (χ2v) is 14.3. The summed E-state index contributed by atoms with van der Waals surface area (Å²) in [5.74, 6) is -1.42. The van der Waals surface area contributed by atoms with Gasteiger partial charge in [-0.3, -0.25) is 24.8 Å². The topological polar surface area (TPSA) is 380 Å². The molecule has 58 heavy (non-hydrogen) atoms. The maximum absolute atomic E-state index is 12.4. The lowest BCUT2D eigenvalue weighted by Crippen LogP contribution is -2.53. The zero-order valence-electron chi connectivity index (χ0n) is 32.4. The van der Waals surface area contributed by atoms with E-state index in [0.29, 0.717) is 31.5 Å². The second-order valence-electron chi connectivity index (χ2n) is 14.0. The number of aromatic nitrogens is 2. The van der Waals surface area contributed by atoms with Gasteiger partial charge in [-0.2, -0.15) is 0 Å². The van der Waals surface area contributed by atoms with Gasteiger partial charge in [-0.25, -0.2) is 9.97 Å². The van der Waals surface area contributed by atoms with Gasteiger partial charge in [-0.15, -0.1) is 0 Å². The Morgan fingerprint density at radius 3 is 1.83 bits per heavy atom. The summed E-state index contributed by atoms with van der Waals surface area (Å²) in [6, 6.07) is 7.16. The van der Waals surface area contributed by atoms with Crippen LogP contribution in [0.3, 0.4) is 0 Å². The van der Waals surface area contributed by atoms with Gasteiger partial charge in [0.2, 0.25) is 5.91 Å². The van der Waals surface area contributed by atoms with E-state index < -0.39 is 93.0 Å². The Morgan fingerprint density at radius 2 is 1.31 bits per heavy atom. The number of nitrogen functional groups attached to an aromatic ring is 1. The highest BCUT2D eigenvalue weighted by molar-refractivity contribution is 6.30. The van der Waals surface area contributed by atoms with Crippen LogP contribution < -0.4 is 27.8 Å². The summed E-state index contributed by atoms with van der Waals surface area (Å²) in [6.45, 7) is -0.301. The first kappa shape index (κ1) is 50.5. The number of aryl methyl sites for hydroxylation is 3. The third kappa shape index (κ3) is 16.9. The predicted molar refractivity (Wildman–Crippen MR) is 212 cm³/mol. The summed E-state index contributed by atoms with van der Waals surface area (Å²) in [6.07, 6.45) is -11.1. The van der Waals surface area contributed by atoms with Crippen molar-refractivity contribution >= 4 is 35.2 Å². The third-order valence-electron chi connectivity index (χ3n) is 9.32. The van der Waals surface area contributed by atoms with Crippen molar-refractivity contribution < 1.29 is 60.7 Å². The molecule has 0 aliphatic carbocycles. The third-order valence-corrected chi connectivity index (χ3v) is 9.68. The number of unbranched alkanes of at least 4 members (excludes halogenated alkanes) is 1. The van der Waals surface area contributed by atoms with Crippen LogP contribution in [0.2, 0.25) is 5.15 Å². The minimum absolute atomic E-state index is 0.0530. The minimum Gasteiger partial charge on any atom is -0.394 e. The number of guanidine groups is 1. The maximum atomic E-state index is 12.4. The molecule has 2 rings (SSSR count). The number of hydrogen-bond donors (Lipinski definition) is 15. The summed E-state index contributed by atoms with van der Waals surface area (Å²) in [5.41, 5.74) is 19.5. The van der Waals surface area contributed by atoms with Crippen molar-refractivity contribution in [3.05, 3.63) is 51.9 Å². The molecule has 1 aromatic heterocycles. The van der Waals surface area contributed by atoms with Crippen molar-refractivity contribution in [2.24, 2.45) is 16.5 Å². The van der Waals surface area contributed by atoms with E-state index in [2.05, 4.69) is 25.6 Å². The quantitative estimate of drug-likeness (QED) is 0.0227. The average Bonchev–Trinajstić information content (AvgIpc) is 3.19. The van der Waals surface area contributed by atoms with Crippen LogP contribution in [0.4, 0.5) is 5.82 Å². The molecule has 9 atom stereocenters. The summed E-state index contributed by atoms with van der Waals surface area (Å²) < 4.78 is 0. The number of rotatable bonds is 27. The number of carbonyl (C=O) groups excluding carboxylic acids is 2. The van der Waals surface area contributed by atoms with Crippen LogP contribution in [0.15, 0.2) is 29.3 Å². The number of aliphatic hydroxyl groups excluding tert-OH is 10. The largest absolute Gasteiger partial charge is 0.394 e. The lowest BCUT2D eigenvalue weighted by molar-refractivity contribution is -0.130. The fourth-order valence-corrected chi connectivity index (χ4v) is 5.90. The fraction of sp³-hybridized carbons (Fsp3) is 0.639. The molecule has 0 aliphatic rings. The number of nitrogens with two attached hydrogens (primary N) is 3. The standard InChI is InChI=1S/C36H60ClN9O12/c1-19-32(37)44-27(33(38)43-19)35(58)45-36(40)42-12-3-2-5-20-6-8-21(9-7-20)10-11-22(34(39)57)41-13-4-14-46(15-23(49)28(53)30(55)25(51)17-47)16-24(50)29(54)31(56)26(52)18-48/h6-9,22-26,28-31,41,47-56H,2-5,10-18H2,1H3,(H2,38,43)(H2,39,57)(H3,40,42,45,58)/t22-,23-,24-,25+,26+,28+,29+,30+,31+/m0/s1. The van der Waals surface area contributed by atoms with Crippen LogP contribution >= 0.6 is 11.6 Å². The van der Waals surface area contributed by atoms with Gasteiger partial charge in [-0.1, -0.05) is 35.9 Å². The number of primary amides is 1. The average molecular weight is 846 g/mol. The molecule has 2 amide bonds. The normalized spacial score (nSPS) is 16.9. The number of anilines is 1. The molecule has 0 aliphatic heterocycles. The first-order valence-electron chi connectivity index (χ1n) is 18.8. The van der Waals surface area contributed by atoms with E-state index in [1.807, 2.05) is 24.3 Å². The van der Waals surface area contributed by atoms with Crippen LogP contribution in [-0.4, -0.2) is 185 Å². The van der Waals surface area contributed by atoms with Gasteiger partial charge in [-0.05, 0) is 69.7 Å². The number of nitrogens with one attached hydrogen (secondary N) is 2. The van der Waals surface area contributed by atoms with Crippen molar-refractivity contribution in [1.82, 2.24) is 25.5 Å². The van der Waals surface area contributed by atoms with E-state index in [1.54, 1.807) is 6.92 Å². The maximum Gasteiger partial charge on any atom is 0.280 e. The number of aliphatic imine (C=N–C) groups is 1. The van der Waals surface area contributed by atoms with Crippen molar-refractivity contribution in [3.8, 4) is 0 Å². The Kier molecular flexibility index (Phi) is 22.4. The number of aliphatic hydroxyl groups is 10. The monoisotopic (exact) mass is 845 g/mol. The van der Waals surface area contributed by atoms with Gasteiger partial charge in [0.05, 0.1) is 37.2 Å². The van der Waals surface area contributed by atoms with Crippen molar-refractivity contribution in [2.45, 2.75) is 100 Å². The number of nitrogens with zero attached hydrogens (tertiary/aromatic N) is 4. The Morgan fingerprint density at radius 1 is 0.793 bits per heavy atom. The first-order valence-corrected chi connectivity index (χ1v) is 19.2. The number of halogens is 1. The Labute approximate surface area is 341 Å². The van der Waals surface area contributed by atoms with Gasteiger partial charge in [0, 0.05) is 19.6 Å². The Bertz CT molecular complexity index is 1550. The second kappa shape index (κ2) is 25.7. The molecule has 0 saturated carbocycles. The van der Waals surface area contributed by atoms with E-state index in [4.69, 9.17) is 39.0 Å². The highest BCUT2D eigenvalue weighted by Gasteiger charge is 2.34. The SMILES string of the molecule is Cc1nc(N)c(C(=O)NC(N)=NCCCCc2ccc(CC[C@H](NCCCN(C[C@H](O)[C@@H](O)[C@H](O)[C@H](O)CO)C[C@H](O)[C@@H](O)[C@H](O)[C@H](O)CO)C(N)=O)cc2)nc1Cl. The molecule has 0 spiro atoms. The van der Waals surface area contributed by atoms with Crippen molar-refractivity contribution in [3.63, 3.8) is 0 Å². The first-order chi connectivity index (χ1) is 27.4. The van der Waals surface area contributed by atoms with Crippen LogP contribution in [0.1, 0.15) is 53.0 Å². The molecule has 0 fully saturated rings. The van der Waals surface area contributed by atoms with E-state index >= 15 is 0 Å². The highest BCUT2D eigenvalue weighted by Crippen LogP contribution is 2.16. The van der Waals surface area contributed by atoms with E-state index in [-0.39, 0.29) is 42.1 Å². The zero-order valence-corrected chi connectivity index (χ0v) is 33.1. The number of carbonyl (C=O) groups is 2. The summed E-state index contributed by atoms with van der Waals surface area (Å²) in [7, 11) is 0. The molecule has 0 saturated heterocycles. The van der Waals surface area contributed by atoms with Gasteiger partial charge in [0.15, 0.2) is 22.6 Å². The lowest BCUT2D eigenvalue weighted by Gasteiger charge is -2.33. The summed E-state index contributed by atoms with van der Waals surface area (Å²) in [5, 5.41) is 105. The minimum atomic E-state index is -1.91.